The van der Waals surface area contributed by atoms with Gasteiger partial charge in [-0.2, -0.15) is 0 Å². The van der Waals surface area contributed by atoms with Crippen molar-refractivity contribution in [1.29, 1.82) is 0 Å². The summed E-state index contributed by atoms with van der Waals surface area (Å²) in [6, 6.07) is 19.7. The van der Waals surface area contributed by atoms with Crippen molar-refractivity contribution in [3.63, 3.8) is 0 Å². The maximum atomic E-state index is 12.3. The van der Waals surface area contributed by atoms with E-state index >= 15 is 0 Å². The van der Waals surface area contributed by atoms with Gasteiger partial charge >= 0.3 is 0 Å². The Hall–Kier alpha value is -1.49. The second-order valence-corrected chi connectivity index (χ2v) is 7.98. The predicted octanol–water partition coefficient (Wildman–Crippen LogP) is 6.23. The zero-order valence-electron chi connectivity index (χ0n) is 13.6. The van der Waals surface area contributed by atoms with Gasteiger partial charge < -0.3 is 5.32 Å². The van der Waals surface area contributed by atoms with Gasteiger partial charge in [0.2, 0.25) is 5.91 Å². The van der Waals surface area contributed by atoms with Gasteiger partial charge in [-0.15, -0.1) is 11.8 Å². The number of halogens is 2. The van der Waals surface area contributed by atoms with Crippen molar-refractivity contribution in [2.75, 3.05) is 5.75 Å². The van der Waals surface area contributed by atoms with Gasteiger partial charge in [-0.25, -0.2) is 0 Å². The van der Waals surface area contributed by atoms with E-state index in [-0.39, 0.29) is 11.9 Å². The van der Waals surface area contributed by atoms with Crippen LogP contribution in [-0.2, 0) is 4.79 Å². The molecule has 5 heteroatoms. The molecule has 0 radical (unpaired) electrons. The third-order valence-corrected chi connectivity index (χ3v) is 6.00. The molecule has 0 unspecified atom stereocenters. The highest BCUT2D eigenvalue weighted by atomic mass is 79.9. The van der Waals surface area contributed by atoms with Crippen LogP contribution < -0.4 is 5.32 Å². The van der Waals surface area contributed by atoms with E-state index in [1.54, 1.807) is 0 Å². The summed E-state index contributed by atoms with van der Waals surface area (Å²) in [5, 5.41) is 5.76. The lowest BCUT2D eigenvalue weighted by Crippen LogP contribution is -2.28. The van der Waals surface area contributed by atoms with Gasteiger partial charge in [-0.1, -0.05) is 70.0 Å². The smallest absolute Gasteiger partial charge is 0.230 e. The van der Waals surface area contributed by atoms with Crippen LogP contribution in [0.2, 0.25) is 5.02 Å². The van der Waals surface area contributed by atoms with Crippen molar-refractivity contribution in [3.8, 4) is 0 Å². The Morgan fingerprint density at radius 1 is 1.12 bits per heavy atom. The van der Waals surface area contributed by atoms with Gasteiger partial charge in [0.15, 0.2) is 0 Å². The van der Waals surface area contributed by atoms with Gasteiger partial charge in [0.1, 0.15) is 0 Å². The second kappa shape index (κ2) is 8.26. The molecule has 0 heterocycles. The number of hydrogen-bond acceptors (Lipinski definition) is 2. The molecule has 128 valence electrons. The van der Waals surface area contributed by atoms with E-state index in [2.05, 4.69) is 21.2 Å². The molecule has 25 heavy (non-hydrogen) atoms. The molecular formula is C20H17BrClNOS. The van der Waals surface area contributed by atoms with E-state index < -0.39 is 0 Å². The standard InChI is InChI=1S/C20H17BrClNOS/c1-13(14-6-3-2-4-7-14)23-19(24)12-25-18-11-10-16(21)15-8-5-9-17(22)20(15)18/h2-11,13H,12H2,1H3,(H,23,24)/t13-/m0/s1. The first-order valence-electron chi connectivity index (χ1n) is 7.90. The minimum Gasteiger partial charge on any atom is -0.349 e. The van der Waals surface area contributed by atoms with E-state index in [4.69, 9.17) is 11.6 Å². The summed E-state index contributed by atoms with van der Waals surface area (Å²) >= 11 is 11.4. The molecule has 0 fully saturated rings. The average Bonchev–Trinajstić information content (AvgIpc) is 2.62. The quantitative estimate of drug-likeness (QED) is 0.483. The molecule has 3 aromatic rings. The normalized spacial score (nSPS) is 12.1. The Balaban J connectivity index is 1.71. The average molecular weight is 435 g/mol. The van der Waals surface area contributed by atoms with Crippen LogP contribution in [0.25, 0.3) is 10.8 Å². The molecule has 0 spiro atoms. The Morgan fingerprint density at radius 3 is 2.64 bits per heavy atom. The number of fused-ring (bicyclic) bond motifs is 1. The molecule has 1 amide bonds. The number of benzene rings is 3. The van der Waals surface area contributed by atoms with Crippen molar-refractivity contribution in [1.82, 2.24) is 5.32 Å². The first-order valence-corrected chi connectivity index (χ1v) is 10.1. The van der Waals surface area contributed by atoms with E-state index in [9.17, 15) is 4.79 Å². The van der Waals surface area contributed by atoms with Crippen molar-refractivity contribution in [2.24, 2.45) is 0 Å². The summed E-state index contributed by atoms with van der Waals surface area (Å²) in [6.45, 7) is 1.99. The molecule has 0 saturated carbocycles. The number of hydrogen-bond donors (Lipinski definition) is 1. The van der Waals surface area contributed by atoms with Crippen LogP contribution >= 0.6 is 39.3 Å². The lowest BCUT2D eigenvalue weighted by atomic mass is 10.1. The van der Waals surface area contributed by atoms with Crippen molar-refractivity contribution in [3.05, 3.63) is 75.7 Å². The van der Waals surface area contributed by atoms with Gasteiger partial charge in [-0.05, 0) is 36.1 Å². The van der Waals surface area contributed by atoms with Crippen LogP contribution in [0.1, 0.15) is 18.5 Å². The topological polar surface area (TPSA) is 29.1 Å². The van der Waals surface area contributed by atoms with Crippen molar-refractivity contribution >= 4 is 56.0 Å². The first kappa shape index (κ1) is 18.3. The number of nitrogens with one attached hydrogen (secondary N) is 1. The predicted molar refractivity (Wildman–Crippen MR) is 110 cm³/mol. The minimum absolute atomic E-state index is 0.00414. The van der Waals surface area contributed by atoms with E-state index in [0.717, 1.165) is 25.7 Å². The Labute approximate surface area is 165 Å². The zero-order chi connectivity index (χ0) is 17.8. The van der Waals surface area contributed by atoms with Crippen molar-refractivity contribution in [2.45, 2.75) is 17.9 Å². The molecule has 3 rings (SSSR count). The maximum Gasteiger partial charge on any atom is 0.230 e. The monoisotopic (exact) mass is 433 g/mol. The molecule has 0 aliphatic carbocycles. The molecule has 3 aromatic carbocycles. The summed E-state index contributed by atoms with van der Waals surface area (Å²) in [5.74, 6) is 0.351. The second-order valence-electron chi connectivity index (χ2n) is 5.70. The van der Waals surface area contributed by atoms with Gasteiger partial charge in [-0.3, -0.25) is 4.79 Å². The molecule has 1 N–H and O–H groups in total. The molecule has 0 aliphatic rings. The number of rotatable bonds is 5. The Bertz CT molecular complexity index is 901. The number of carbonyl (C=O) groups is 1. The van der Waals surface area contributed by atoms with E-state index in [0.29, 0.717) is 10.8 Å². The lowest BCUT2D eigenvalue weighted by molar-refractivity contribution is -0.119. The highest BCUT2D eigenvalue weighted by Crippen LogP contribution is 2.37. The summed E-state index contributed by atoms with van der Waals surface area (Å²) < 4.78 is 0.997. The van der Waals surface area contributed by atoms with Gasteiger partial charge in [0, 0.05) is 19.8 Å². The fourth-order valence-corrected chi connectivity index (χ4v) is 4.36. The number of carbonyl (C=O) groups excluding carboxylic acids is 1. The fourth-order valence-electron chi connectivity index (χ4n) is 2.67. The number of amides is 1. The lowest BCUT2D eigenvalue weighted by Gasteiger charge is -2.14. The molecule has 0 saturated heterocycles. The van der Waals surface area contributed by atoms with Crippen LogP contribution in [0.15, 0.2) is 70.0 Å². The summed E-state index contributed by atoms with van der Waals surface area (Å²) in [5.41, 5.74) is 1.10. The van der Waals surface area contributed by atoms with Crippen molar-refractivity contribution < 1.29 is 4.79 Å². The highest BCUT2D eigenvalue weighted by molar-refractivity contribution is 9.10. The third kappa shape index (κ3) is 4.38. The largest absolute Gasteiger partial charge is 0.349 e. The van der Waals surface area contributed by atoms with E-state index in [1.165, 1.54) is 11.8 Å². The molecule has 0 aliphatic heterocycles. The van der Waals surface area contributed by atoms with Crippen LogP contribution in [0, 0.1) is 0 Å². The van der Waals surface area contributed by atoms with Crippen LogP contribution in [-0.4, -0.2) is 11.7 Å². The molecule has 0 bridgehead atoms. The summed E-state index contributed by atoms with van der Waals surface area (Å²) in [7, 11) is 0. The summed E-state index contributed by atoms with van der Waals surface area (Å²) in [6.07, 6.45) is 0. The highest BCUT2D eigenvalue weighted by Gasteiger charge is 2.12. The summed E-state index contributed by atoms with van der Waals surface area (Å²) in [4.78, 5) is 13.3. The van der Waals surface area contributed by atoms with E-state index in [1.807, 2.05) is 67.6 Å². The van der Waals surface area contributed by atoms with Gasteiger partial charge in [0.05, 0.1) is 11.8 Å². The van der Waals surface area contributed by atoms with Gasteiger partial charge in [0.25, 0.3) is 0 Å². The third-order valence-electron chi connectivity index (χ3n) is 3.93. The van der Waals surface area contributed by atoms with Crippen LogP contribution in [0.5, 0.6) is 0 Å². The number of thioether (sulfide) groups is 1. The fraction of sp³-hybridized carbons (Fsp3) is 0.150. The molecule has 2 nitrogen and oxygen atoms in total. The Kier molecular flexibility index (Phi) is 6.05. The zero-order valence-corrected chi connectivity index (χ0v) is 16.8. The molecule has 1 atom stereocenters. The first-order chi connectivity index (χ1) is 12.1. The Morgan fingerprint density at radius 2 is 1.88 bits per heavy atom. The SMILES string of the molecule is C[C@H](NC(=O)CSc1ccc(Br)c2cccc(Cl)c12)c1ccccc1. The van der Waals surface area contributed by atoms with Crippen LogP contribution in [0.3, 0.4) is 0 Å². The minimum atomic E-state index is -0.0143. The maximum absolute atomic E-state index is 12.3. The molecule has 0 aromatic heterocycles. The molecular weight excluding hydrogens is 418 g/mol. The van der Waals surface area contributed by atoms with Crippen LogP contribution in [0.4, 0.5) is 0 Å².